The smallest absolute Gasteiger partial charge is 0.237 e. The van der Waals surface area contributed by atoms with Crippen molar-refractivity contribution in [3.8, 4) is 6.07 Å². The molecule has 1 unspecified atom stereocenters. The highest BCUT2D eigenvalue weighted by Crippen LogP contribution is 2.20. The summed E-state index contributed by atoms with van der Waals surface area (Å²) in [6.45, 7) is 3.92. The molecule has 0 saturated heterocycles. The number of aryl methyl sites for hydroxylation is 1. The number of thioether (sulfide) groups is 1. The minimum atomic E-state index is -0.142. The number of hydrogen-bond donors (Lipinski definition) is 1. The summed E-state index contributed by atoms with van der Waals surface area (Å²) in [5.74, 6) is 0.747. The van der Waals surface area contributed by atoms with Crippen molar-refractivity contribution in [2.75, 3.05) is 5.32 Å². The van der Waals surface area contributed by atoms with Gasteiger partial charge < -0.3 is 5.32 Å². The number of nitriles is 1. The van der Waals surface area contributed by atoms with Crippen molar-refractivity contribution in [1.82, 2.24) is 0 Å². The molecule has 2 aromatic carbocycles. The van der Waals surface area contributed by atoms with E-state index in [2.05, 4.69) is 11.4 Å². The van der Waals surface area contributed by atoms with Crippen molar-refractivity contribution < 1.29 is 4.79 Å². The van der Waals surface area contributed by atoms with Crippen molar-refractivity contribution in [2.45, 2.75) is 24.9 Å². The van der Waals surface area contributed by atoms with Gasteiger partial charge in [0.25, 0.3) is 0 Å². The van der Waals surface area contributed by atoms with E-state index in [-0.39, 0.29) is 11.2 Å². The Hall–Kier alpha value is -2.25. The topological polar surface area (TPSA) is 52.9 Å². The van der Waals surface area contributed by atoms with Crippen LogP contribution in [0, 0.1) is 18.3 Å². The molecule has 0 aliphatic carbocycles. The van der Waals surface area contributed by atoms with E-state index in [0.717, 1.165) is 17.0 Å². The van der Waals surface area contributed by atoms with Gasteiger partial charge in [0.1, 0.15) is 0 Å². The molecule has 0 radical (unpaired) electrons. The maximum Gasteiger partial charge on any atom is 0.237 e. The summed E-state index contributed by atoms with van der Waals surface area (Å²) >= 11 is 1.58. The fourth-order valence-electron chi connectivity index (χ4n) is 1.85. The summed E-state index contributed by atoms with van der Waals surface area (Å²) in [5, 5.41) is 11.5. The molecule has 1 atom stereocenters. The number of amides is 1. The zero-order valence-corrected chi connectivity index (χ0v) is 13.5. The first-order valence-corrected chi connectivity index (χ1v) is 8.11. The largest absolute Gasteiger partial charge is 0.325 e. The Balaban J connectivity index is 1.85. The standard InChI is InChI=1S/C18H18N2OS/c1-13-3-9-17(10-4-13)20-18(21)14(2)22-12-16-7-5-15(11-19)6-8-16/h3-10,14H,12H2,1-2H3,(H,20,21). The molecule has 0 aliphatic heterocycles. The third kappa shape index (κ3) is 4.64. The molecule has 1 amide bonds. The highest BCUT2D eigenvalue weighted by atomic mass is 32.2. The summed E-state index contributed by atoms with van der Waals surface area (Å²) in [6, 6.07) is 17.3. The van der Waals surface area contributed by atoms with Gasteiger partial charge >= 0.3 is 0 Å². The third-order valence-electron chi connectivity index (χ3n) is 3.27. The Morgan fingerprint density at radius 3 is 2.41 bits per heavy atom. The maximum absolute atomic E-state index is 12.1. The van der Waals surface area contributed by atoms with E-state index < -0.39 is 0 Å². The van der Waals surface area contributed by atoms with E-state index in [1.165, 1.54) is 5.56 Å². The number of carbonyl (C=O) groups is 1. The molecule has 2 rings (SSSR count). The number of nitrogens with one attached hydrogen (secondary N) is 1. The molecule has 112 valence electrons. The van der Waals surface area contributed by atoms with Crippen LogP contribution in [0.2, 0.25) is 0 Å². The first-order valence-electron chi connectivity index (χ1n) is 7.06. The Bertz CT molecular complexity index is 672. The SMILES string of the molecule is Cc1ccc(NC(=O)C(C)SCc2ccc(C#N)cc2)cc1. The molecule has 22 heavy (non-hydrogen) atoms. The summed E-state index contributed by atoms with van der Waals surface area (Å²) in [4.78, 5) is 12.1. The fourth-order valence-corrected chi connectivity index (χ4v) is 2.70. The predicted molar refractivity (Wildman–Crippen MR) is 91.7 cm³/mol. The van der Waals surface area contributed by atoms with Gasteiger partial charge in [-0.15, -0.1) is 11.8 Å². The van der Waals surface area contributed by atoms with Crippen LogP contribution in [0.4, 0.5) is 5.69 Å². The molecule has 1 N–H and O–H groups in total. The molecule has 0 aliphatic rings. The molecule has 0 fully saturated rings. The van der Waals surface area contributed by atoms with E-state index in [1.54, 1.807) is 23.9 Å². The van der Waals surface area contributed by atoms with E-state index in [0.29, 0.717) is 5.56 Å². The maximum atomic E-state index is 12.1. The van der Waals surface area contributed by atoms with E-state index in [9.17, 15) is 4.79 Å². The molecule has 2 aromatic rings. The van der Waals surface area contributed by atoms with E-state index in [1.807, 2.05) is 50.2 Å². The molecule has 0 bridgehead atoms. The zero-order chi connectivity index (χ0) is 15.9. The fraction of sp³-hybridized carbons (Fsp3) is 0.222. The normalized spacial score (nSPS) is 11.5. The highest BCUT2D eigenvalue weighted by molar-refractivity contribution is 7.99. The number of benzene rings is 2. The van der Waals surface area contributed by atoms with Crippen LogP contribution in [-0.2, 0) is 10.5 Å². The number of hydrogen-bond acceptors (Lipinski definition) is 3. The lowest BCUT2D eigenvalue weighted by Crippen LogP contribution is -2.22. The first-order chi connectivity index (χ1) is 10.6. The average Bonchev–Trinajstić information content (AvgIpc) is 2.55. The van der Waals surface area contributed by atoms with Crippen LogP contribution in [0.1, 0.15) is 23.6 Å². The second-order valence-corrected chi connectivity index (χ2v) is 6.45. The van der Waals surface area contributed by atoms with Crippen LogP contribution in [0.3, 0.4) is 0 Å². The first kappa shape index (κ1) is 16.1. The minimum absolute atomic E-state index is 0.00231. The Kier molecular flexibility index (Phi) is 5.62. The van der Waals surface area contributed by atoms with Crippen LogP contribution in [-0.4, -0.2) is 11.2 Å². The van der Waals surface area contributed by atoms with Gasteiger partial charge in [-0.25, -0.2) is 0 Å². The van der Waals surface area contributed by atoms with Crippen molar-refractivity contribution in [3.05, 3.63) is 65.2 Å². The summed E-state index contributed by atoms with van der Waals surface area (Å²) in [7, 11) is 0. The lowest BCUT2D eigenvalue weighted by atomic mass is 10.2. The van der Waals surface area contributed by atoms with Crippen LogP contribution < -0.4 is 5.32 Å². The molecule has 0 heterocycles. The quantitative estimate of drug-likeness (QED) is 0.903. The van der Waals surface area contributed by atoms with Crippen LogP contribution >= 0.6 is 11.8 Å². The van der Waals surface area contributed by atoms with Crippen molar-refractivity contribution in [3.63, 3.8) is 0 Å². The van der Waals surface area contributed by atoms with E-state index in [4.69, 9.17) is 5.26 Å². The lowest BCUT2D eigenvalue weighted by Gasteiger charge is -2.12. The number of anilines is 1. The molecular formula is C18H18N2OS. The molecule has 3 nitrogen and oxygen atoms in total. The van der Waals surface area contributed by atoms with Gasteiger partial charge in [0.2, 0.25) is 5.91 Å². The van der Waals surface area contributed by atoms with Crippen LogP contribution in [0.5, 0.6) is 0 Å². The average molecular weight is 310 g/mol. The van der Waals surface area contributed by atoms with Crippen LogP contribution in [0.15, 0.2) is 48.5 Å². The van der Waals surface area contributed by atoms with Gasteiger partial charge in [-0.05, 0) is 43.7 Å². The molecule has 0 spiro atoms. The second-order valence-electron chi connectivity index (χ2n) is 5.12. The minimum Gasteiger partial charge on any atom is -0.325 e. The molecule has 0 aromatic heterocycles. The molecule has 4 heteroatoms. The Morgan fingerprint density at radius 1 is 1.18 bits per heavy atom. The third-order valence-corrected chi connectivity index (χ3v) is 4.49. The summed E-state index contributed by atoms with van der Waals surface area (Å²) in [5.41, 5.74) is 3.75. The van der Waals surface area contributed by atoms with Crippen molar-refractivity contribution in [2.24, 2.45) is 0 Å². The Labute approximate surface area is 135 Å². The highest BCUT2D eigenvalue weighted by Gasteiger charge is 2.13. The van der Waals surface area contributed by atoms with Crippen molar-refractivity contribution in [1.29, 1.82) is 5.26 Å². The monoisotopic (exact) mass is 310 g/mol. The predicted octanol–water partition coefficient (Wildman–Crippen LogP) is 4.13. The van der Waals surface area contributed by atoms with Crippen LogP contribution in [0.25, 0.3) is 0 Å². The van der Waals surface area contributed by atoms with Crippen molar-refractivity contribution >= 4 is 23.4 Å². The Morgan fingerprint density at radius 2 is 1.82 bits per heavy atom. The molecular weight excluding hydrogens is 292 g/mol. The van der Waals surface area contributed by atoms with E-state index >= 15 is 0 Å². The number of nitrogens with zero attached hydrogens (tertiary/aromatic N) is 1. The lowest BCUT2D eigenvalue weighted by molar-refractivity contribution is -0.115. The summed E-state index contributed by atoms with van der Waals surface area (Å²) in [6.07, 6.45) is 0. The van der Waals surface area contributed by atoms with Gasteiger partial charge in [0.15, 0.2) is 0 Å². The van der Waals surface area contributed by atoms with Gasteiger partial charge in [-0.2, -0.15) is 5.26 Å². The van der Waals surface area contributed by atoms with Gasteiger partial charge in [0, 0.05) is 11.4 Å². The van der Waals surface area contributed by atoms with Gasteiger partial charge in [-0.3, -0.25) is 4.79 Å². The number of carbonyl (C=O) groups excluding carboxylic acids is 1. The zero-order valence-electron chi connectivity index (χ0n) is 12.7. The number of rotatable bonds is 5. The van der Waals surface area contributed by atoms with Gasteiger partial charge in [0.05, 0.1) is 16.9 Å². The summed E-state index contributed by atoms with van der Waals surface area (Å²) < 4.78 is 0. The van der Waals surface area contributed by atoms with Gasteiger partial charge in [-0.1, -0.05) is 29.8 Å². The molecule has 0 saturated carbocycles. The second kappa shape index (κ2) is 7.67.